The number of rotatable bonds is 12. The number of ether oxygens (including phenoxy) is 3. The molecule has 49 heavy (non-hydrogen) atoms. The number of nitrogens with one attached hydrogen (secondary N) is 1. The van der Waals surface area contributed by atoms with Crippen LogP contribution in [0.25, 0.3) is 5.69 Å². The molecule has 2 N–H and O–H groups in total. The summed E-state index contributed by atoms with van der Waals surface area (Å²) in [5, 5.41) is 16.4. The third-order valence-electron chi connectivity index (χ3n) is 7.92. The van der Waals surface area contributed by atoms with Crippen LogP contribution in [0.1, 0.15) is 57.4 Å². The summed E-state index contributed by atoms with van der Waals surface area (Å²) in [5.41, 5.74) is -0.313. The number of carboxylic acid groups (broad SMARTS) is 1. The molecule has 2 fully saturated rings. The summed E-state index contributed by atoms with van der Waals surface area (Å²) in [6.07, 6.45) is -0.321. The molecule has 266 valence electrons. The van der Waals surface area contributed by atoms with E-state index in [1.54, 1.807) is 58.0 Å². The molecule has 2 aliphatic heterocycles. The predicted octanol–water partition coefficient (Wildman–Crippen LogP) is 1.71. The van der Waals surface area contributed by atoms with Gasteiger partial charge < -0.3 is 39.3 Å². The summed E-state index contributed by atoms with van der Waals surface area (Å²) >= 11 is 0. The number of esters is 1. The van der Waals surface area contributed by atoms with Crippen LogP contribution < -0.4 is 10.1 Å². The predicted molar refractivity (Wildman–Crippen MR) is 173 cm³/mol. The molecule has 1 aromatic heterocycles. The van der Waals surface area contributed by atoms with E-state index in [0.29, 0.717) is 18.7 Å². The fraction of sp³-hybridized carbons (Fsp3) is 0.545. The van der Waals surface area contributed by atoms with E-state index in [-0.39, 0.29) is 63.7 Å². The van der Waals surface area contributed by atoms with E-state index < -0.39 is 59.9 Å². The van der Waals surface area contributed by atoms with Crippen molar-refractivity contribution in [2.45, 2.75) is 58.6 Å². The second-order valence-electron chi connectivity index (χ2n) is 12.7. The number of carbonyl (C=O) groups excluding carboxylic acids is 5. The SMILES string of the molecule is CCOC(=O)N1CCN(C(=O)[C@H](CCC(=O)OC(C)(C)C)NC(=O)c2cc(OCC(=O)N3CCC(C(=O)O)C3)n(-c3ccccc3)n2)CC1. The van der Waals surface area contributed by atoms with Gasteiger partial charge in [-0.1, -0.05) is 18.2 Å². The van der Waals surface area contributed by atoms with E-state index in [4.69, 9.17) is 14.2 Å². The lowest BCUT2D eigenvalue weighted by Gasteiger charge is -2.36. The summed E-state index contributed by atoms with van der Waals surface area (Å²) in [6, 6.07) is 8.98. The topological polar surface area (TPSA) is 190 Å². The Morgan fingerprint density at radius 3 is 2.27 bits per heavy atom. The van der Waals surface area contributed by atoms with E-state index in [1.165, 1.54) is 25.4 Å². The lowest BCUT2D eigenvalue weighted by molar-refractivity contribution is -0.155. The maximum atomic E-state index is 13.7. The van der Waals surface area contributed by atoms with Gasteiger partial charge in [0.25, 0.3) is 11.8 Å². The molecule has 2 aliphatic rings. The van der Waals surface area contributed by atoms with Crippen molar-refractivity contribution in [1.29, 1.82) is 0 Å². The van der Waals surface area contributed by atoms with Crippen molar-refractivity contribution in [3.63, 3.8) is 0 Å². The molecule has 3 heterocycles. The van der Waals surface area contributed by atoms with Gasteiger partial charge >= 0.3 is 18.0 Å². The Morgan fingerprint density at radius 2 is 1.65 bits per heavy atom. The van der Waals surface area contributed by atoms with Gasteiger partial charge in [0.15, 0.2) is 12.3 Å². The highest BCUT2D eigenvalue weighted by atomic mass is 16.6. The number of piperazine rings is 1. The van der Waals surface area contributed by atoms with Gasteiger partial charge in [-0.05, 0) is 52.7 Å². The van der Waals surface area contributed by atoms with Crippen LogP contribution >= 0.6 is 0 Å². The van der Waals surface area contributed by atoms with E-state index >= 15 is 0 Å². The molecule has 16 heteroatoms. The van der Waals surface area contributed by atoms with Crippen LogP contribution in [0.15, 0.2) is 36.4 Å². The maximum absolute atomic E-state index is 13.7. The highest BCUT2D eigenvalue weighted by Crippen LogP contribution is 2.22. The fourth-order valence-corrected chi connectivity index (χ4v) is 5.44. The molecule has 0 spiro atoms. The first-order chi connectivity index (χ1) is 23.3. The summed E-state index contributed by atoms with van der Waals surface area (Å²) in [6.45, 7) is 7.97. The number of carboxylic acids is 1. The van der Waals surface area contributed by atoms with Gasteiger partial charge in [0, 0.05) is 51.8 Å². The summed E-state index contributed by atoms with van der Waals surface area (Å²) in [7, 11) is 0. The van der Waals surface area contributed by atoms with Gasteiger partial charge in [-0.15, -0.1) is 0 Å². The minimum Gasteiger partial charge on any atom is -0.481 e. The fourth-order valence-electron chi connectivity index (χ4n) is 5.44. The molecule has 0 radical (unpaired) electrons. The van der Waals surface area contributed by atoms with Gasteiger partial charge in [0.05, 0.1) is 18.2 Å². The molecule has 0 saturated carbocycles. The van der Waals surface area contributed by atoms with Crippen LogP contribution in [0.4, 0.5) is 4.79 Å². The van der Waals surface area contributed by atoms with E-state index in [2.05, 4.69) is 10.4 Å². The van der Waals surface area contributed by atoms with Crippen molar-refractivity contribution in [2.24, 2.45) is 5.92 Å². The number of benzene rings is 1. The molecule has 4 amide bonds. The Morgan fingerprint density at radius 1 is 0.980 bits per heavy atom. The van der Waals surface area contributed by atoms with Crippen LogP contribution in [-0.4, -0.2) is 129 Å². The number of amides is 4. The monoisotopic (exact) mass is 684 g/mol. The van der Waals surface area contributed by atoms with Crippen LogP contribution in [0.3, 0.4) is 0 Å². The van der Waals surface area contributed by atoms with E-state index in [9.17, 15) is 33.9 Å². The highest BCUT2D eigenvalue weighted by molar-refractivity contribution is 5.96. The van der Waals surface area contributed by atoms with Crippen molar-refractivity contribution >= 4 is 35.8 Å². The molecule has 2 atom stereocenters. The van der Waals surface area contributed by atoms with Gasteiger partial charge in [-0.2, -0.15) is 5.10 Å². The number of likely N-dealkylation sites (tertiary alicyclic amines) is 1. The van der Waals surface area contributed by atoms with Crippen molar-refractivity contribution in [3.05, 3.63) is 42.1 Å². The average Bonchev–Trinajstić information content (AvgIpc) is 3.74. The number of aliphatic carboxylic acids is 1. The second-order valence-corrected chi connectivity index (χ2v) is 12.7. The van der Waals surface area contributed by atoms with Crippen molar-refractivity contribution < 1.29 is 48.1 Å². The molecule has 0 aliphatic carbocycles. The largest absolute Gasteiger partial charge is 0.481 e. The first-order valence-electron chi connectivity index (χ1n) is 16.3. The van der Waals surface area contributed by atoms with Crippen molar-refractivity contribution in [3.8, 4) is 11.6 Å². The zero-order valence-corrected chi connectivity index (χ0v) is 28.3. The molecule has 1 aromatic carbocycles. The molecule has 0 bridgehead atoms. The number of para-hydroxylation sites is 1. The minimum atomic E-state index is -1.13. The third kappa shape index (κ3) is 10.2. The van der Waals surface area contributed by atoms with Crippen LogP contribution in [0, 0.1) is 5.92 Å². The van der Waals surface area contributed by atoms with Crippen LogP contribution in [-0.2, 0) is 28.7 Å². The van der Waals surface area contributed by atoms with Gasteiger partial charge in [0.2, 0.25) is 11.8 Å². The molecule has 2 saturated heterocycles. The number of hydrogen-bond acceptors (Lipinski definition) is 10. The number of aromatic nitrogens is 2. The van der Waals surface area contributed by atoms with Crippen LogP contribution in [0.5, 0.6) is 5.88 Å². The van der Waals surface area contributed by atoms with Gasteiger partial charge in [0.1, 0.15) is 11.6 Å². The standard InChI is InChI=1S/C33H44N6O10/c1-5-47-32(46)37-17-15-36(16-18-37)30(43)24(11-12-28(41)49-33(2,3)4)34-29(42)25-19-27(39(35-25)23-9-7-6-8-10-23)48-21-26(40)38-14-13-22(20-38)31(44)45/h6-10,19,22,24H,5,11-18,20-21H2,1-4H3,(H,34,42)(H,44,45)/t22?,24-/m0/s1. The normalized spacial score (nSPS) is 16.9. The Kier molecular flexibility index (Phi) is 12.2. The Labute approximate surface area is 284 Å². The summed E-state index contributed by atoms with van der Waals surface area (Å²) in [4.78, 5) is 80.7. The van der Waals surface area contributed by atoms with E-state index in [0.717, 1.165) is 0 Å². The average molecular weight is 685 g/mol. The lowest BCUT2D eigenvalue weighted by Crippen LogP contribution is -2.56. The first-order valence-corrected chi connectivity index (χ1v) is 16.3. The molecule has 1 unspecified atom stereocenters. The quantitative estimate of drug-likeness (QED) is 0.310. The molecular formula is C33H44N6O10. The maximum Gasteiger partial charge on any atom is 0.409 e. The molecule has 4 rings (SSSR count). The zero-order valence-electron chi connectivity index (χ0n) is 28.3. The Hall–Kier alpha value is -5.15. The van der Waals surface area contributed by atoms with Gasteiger partial charge in [-0.25, -0.2) is 9.48 Å². The third-order valence-corrected chi connectivity index (χ3v) is 7.92. The summed E-state index contributed by atoms with van der Waals surface area (Å²) < 4.78 is 17.6. The van der Waals surface area contributed by atoms with Gasteiger partial charge in [-0.3, -0.25) is 24.0 Å². The first kappa shape index (κ1) is 36.7. The number of nitrogens with zero attached hydrogens (tertiary/aromatic N) is 5. The Balaban J connectivity index is 1.50. The number of hydrogen-bond donors (Lipinski definition) is 2. The lowest BCUT2D eigenvalue weighted by atomic mass is 10.1. The Bertz CT molecular complexity index is 1510. The summed E-state index contributed by atoms with van der Waals surface area (Å²) in [5.74, 6) is -3.63. The van der Waals surface area contributed by atoms with E-state index in [1.807, 2.05) is 0 Å². The molecule has 2 aromatic rings. The van der Waals surface area contributed by atoms with Crippen LogP contribution in [0.2, 0.25) is 0 Å². The smallest absolute Gasteiger partial charge is 0.409 e. The minimum absolute atomic E-state index is 0.0536. The molecular weight excluding hydrogens is 640 g/mol. The zero-order chi connectivity index (χ0) is 35.7. The highest BCUT2D eigenvalue weighted by Gasteiger charge is 2.33. The number of carbonyl (C=O) groups is 6. The van der Waals surface area contributed by atoms with Crippen molar-refractivity contribution in [2.75, 3.05) is 52.5 Å². The molecule has 16 nitrogen and oxygen atoms in total. The van der Waals surface area contributed by atoms with Crippen molar-refractivity contribution in [1.82, 2.24) is 29.8 Å². The second kappa shape index (κ2) is 16.3.